The first kappa shape index (κ1) is 13.8. The third-order valence-electron chi connectivity index (χ3n) is 2.46. The summed E-state index contributed by atoms with van der Waals surface area (Å²) in [6.07, 6.45) is 0. The molecular formula is C12H13N3O2S2. The molecule has 1 saturated heterocycles. The lowest BCUT2D eigenvalue weighted by molar-refractivity contribution is -0.118. The minimum absolute atomic E-state index is 0.0580. The molecule has 0 spiro atoms. The summed E-state index contributed by atoms with van der Waals surface area (Å²) in [5.74, 6) is -0.161. The molecule has 0 radical (unpaired) electrons. The molecule has 1 unspecified atom stereocenters. The normalized spacial score (nSPS) is 18.1. The molecule has 100 valence electrons. The van der Waals surface area contributed by atoms with Crippen molar-refractivity contribution in [2.24, 2.45) is 0 Å². The van der Waals surface area contributed by atoms with E-state index in [0.29, 0.717) is 10.9 Å². The van der Waals surface area contributed by atoms with Crippen molar-refractivity contribution in [1.29, 1.82) is 0 Å². The number of thiocarbonyl (C=S) groups is 1. The number of carbonyl (C=O) groups excluding carboxylic acids is 2. The highest BCUT2D eigenvalue weighted by molar-refractivity contribution is 8.24. The van der Waals surface area contributed by atoms with E-state index in [2.05, 4.69) is 16.0 Å². The van der Waals surface area contributed by atoms with E-state index >= 15 is 0 Å². The molecular weight excluding hydrogens is 282 g/mol. The van der Waals surface area contributed by atoms with Crippen LogP contribution in [0.2, 0.25) is 0 Å². The second-order valence-corrected chi connectivity index (χ2v) is 5.90. The molecule has 0 aromatic heterocycles. The zero-order chi connectivity index (χ0) is 13.8. The fourth-order valence-corrected chi connectivity index (χ4v) is 2.81. The summed E-state index contributed by atoms with van der Waals surface area (Å²) in [5.41, 5.74) is 1.63. The molecule has 3 N–H and O–H groups in total. The molecule has 7 heteroatoms. The topological polar surface area (TPSA) is 70.2 Å². The first-order chi connectivity index (χ1) is 9.04. The zero-order valence-electron chi connectivity index (χ0n) is 10.2. The van der Waals surface area contributed by atoms with Gasteiger partial charge in [-0.1, -0.05) is 24.0 Å². The van der Waals surface area contributed by atoms with Crippen LogP contribution in [-0.2, 0) is 9.59 Å². The Hall–Kier alpha value is -1.60. The van der Waals surface area contributed by atoms with Crippen LogP contribution in [-0.4, -0.2) is 27.9 Å². The minimum atomic E-state index is -0.192. The maximum Gasteiger partial charge on any atom is 0.240 e. The van der Waals surface area contributed by atoms with Gasteiger partial charge in [0.15, 0.2) is 0 Å². The average molecular weight is 295 g/mol. The summed E-state index contributed by atoms with van der Waals surface area (Å²) in [5, 5.41) is 8.26. The Morgan fingerprint density at radius 1 is 1.37 bits per heavy atom. The highest BCUT2D eigenvalue weighted by Gasteiger charge is 2.28. The van der Waals surface area contributed by atoms with Gasteiger partial charge in [-0.25, -0.2) is 0 Å². The number of nitrogens with one attached hydrogen (secondary N) is 3. The molecule has 1 aliphatic rings. The monoisotopic (exact) mass is 295 g/mol. The van der Waals surface area contributed by atoms with E-state index in [1.54, 1.807) is 12.1 Å². The third-order valence-corrected chi connectivity index (χ3v) is 3.84. The first-order valence-corrected chi connectivity index (χ1v) is 6.96. The molecule has 1 aromatic carbocycles. The minimum Gasteiger partial charge on any atom is -0.383 e. The van der Waals surface area contributed by atoms with Gasteiger partial charge in [0.2, 0.25) is 11.8 Å². The summed E-state index contributed by atoms with van der Waals surface area (Å²) < 4.78 is 0.526. The van der Waals surface area contributed by atoms with Crippen molar-refractivity contribution in [2.75, 3.05) is 17.2 Å². The van der Waals surface area contributed by atoms with E-state index < -0.39 is 0 Å². The Morgan fingerprint density at radius 3 is 2.53 bits per heavy atom. The SMILES string of the molecule is CC(=O)Nc1ccc(NCC2SC(=S)NC2=O)cc1. The average Bonchev–Trinajstić information content (AvgIpc) is 2.66. The van der Waals surface area contributed by atoms with Gasteiger partial charge in [-0.05, 0) is 24.3 Å². The van der Waals surface area contributed by atoms with Crippen LogP contribution in [0, 0.1) is 0 Å². The predicted octanol–water partition coefficient (Wildman–Crippen LogP) is 1.57. The molecule has 0 bridgehead atoms. The van der Waals surface area contributed by atoms with Gasteiger partial charge in [-0.15, -0.1) is 0 Å². The molecule has 0 saturated carbocycles. The lowest BCUT2D eigenvalue weighted by atomic mass is 10.2. The second-order valence-electron chi connectivity index (χ2n) is 4.02. The Morgan fingerprint density at radius 2 is 2.00 bits per heavy atom. The third kappa shape index (κ3) is 3.93. The summed E-state index contributed by atoms with van der Waals surface area (Å²) in [7, 11) is 0. The number of amides is 2. The number of benzene rings is 1. The van der Waals surface area contributed by atoms with Crippen LogP contribution >= 0.6 is 24.0 Å². The molecule has 1 atom stereocenters. The van der Waals surface area contributed by atoms with Crippen molar-refractivity contribution in [3.63, 3.8) is 0 Å². The van der Waals surface area contributed by atoms with Gasteiger partial charge in [-0.2, -0.15) is 0 Å². The van der Waals surface area contributed by atoms with E-state index in [9.17, 15) is 9.59 Å². The predicted molar refractivity (Wildman–Crippen MR) is 81.4 cm³/mol. The van der Waals surface area contributed by atoms with Crippen LogP contribution in [0.25, 0.3) is 0 Å². The van der Waals surface area contributed by atoms with E-state index in [1.165, 1.54) is 18.7 Å². The smallest absolute Gasteiger partial charge is 0.240 e. The first-order valence-electron chi connectivity index (χ1n) is 5.67. The van der Waals surface area contributed by atoms with Gasteiger partial charge in [0.1, 0.15) is 9.57 Å². The fraction of sp³-hybridized carbons (Fsp3) is 0.250. The molecule has 5 nitrogen and oxygen atoms in total. The molecule has 2 amide bonds. The van der Waals surface area contributed by atoms with Gasteiger partial charge in [0.05, 0.1) is 0 Å². The van der Waals surface area contributed by atoms with E-state index in [-0.39, 0.29) is 17.1 Å². The van der Waals surface area contributed by atoms with Crippen molar-refractivity contribution >= 4 is 51.5 Å². The van der Waals surface area contributed by atoms with Crippen molar-refractivity contribution in [2.45, 2.75) is 12.2 Å². The van der Waals surface area contributed by atoms with Crippen molar-refractivity contribution in [3.05, 3.63) is 24.3 Å². The molecule has 1 aliphatic heterocycles. The van der Waals surface area contributed by atoms with Crippen LogP contribution in [0.4, 0.5) is 11.4 Å². The van der Waals surface area contributed by atoms with E-state index in [4.69, 9.17) is 12.2 Å². The second kappa shape index (κ2) is 6.03. The number of carbonyl (C=O) groups is 2. The maximum atomic E-state index is 11.5. The number of thioether (sulfide) groups is 1. The van der Waals surface area contributed by atoms with Gasteiger partial charge in [0.25, 0.3) is 0 Å². The lowest BCUT2D eigenvalue weighted by Crippen LogP contribution is -2.28. The number of anilines is 2. The molecule has 2 rings (SSSR count). The van der Waals surface area contributed by atoms with Crippen LogP contribution < -0.4 is 16.0 Å². The quantitative estimate of drug-likeness (QED) is 0.736. The summed E-state index contributed by atoms with van der Waals surface area (Å²) in [6, 6.07) is 7.30. The van der Waals surface area contributed by atoms with Crippen LogP contribution in [0.1, 0.15) is 6.92 Å². The zero-order valence-corrected chi connectivity index (χ0v) is 11.9. The van der Waals surface area contributed by atoms with Gasteiger partial charge in [-0.3, -0.25) is 9.59 Å². The van der Waals surface area contributed by atoms with Crippen LogP contribution in [0.15, 0.2) is 24.3 Å². The Balaban J connectivity index is 1.88. The number of rotatable bonds is 4. The van der Waals surface area contributed by atoms with E-state index in [1.807, 2.05) is 12.1 Å². The number of hydrogen-bond acceptors (Lipinski definition) is 5. The summed E-state index contributed by atoms with van der Waals surface area (Å²) in [4.78, 5) is 22.4. The Kier molecular flexibility index (Phi) is 4.39. The van der Waals surface area contributed by atoms with Gasteiger partial charge in [0, 0.05) is 24.8 Å². The molecule has 19 heavy (non-hydrogen) atoms. The fourth-order valence-electron chi connectivity index (χ4n) is 1.61. The molecule has 1 aromatic rings. The lowest BCUT2D eigenvalue weighted by Gasteiger charge is -2.10. The summed E-state index contributed by atoms with van der Waals surface area (Å²) >= 11 is 6.28. The standard InChI is InChI=1S/C12H13N3O2S2/c1-7(16)14-9-4-2-8(3-5-9)13-6-10-11(17)15-12(18)19-10/h2-5,10,13H,6H2,1H3,(H,14,16)(H,15,17,18). The number of hydrogen-bond donors (Lipinski definition) is 3. The van der Waals surface area contributed by atoms with Crippen molar-refractivity contribution in [3.8, 4) is 0 Å². The largest absolute Gasteiger partial charge is 0.383 e. The highest BCUT2D eigenvalue weighted by atomic mass is 32.2. The van der Waals surface area contributed by atoms with Crippen molar-refractivity contribution in [1.82, 2.24) is 5.32 Å². The highest BCUT2D eigenvalue weighted by Crippen LogP contribution is 2.20. The van der Waals surface area contributed by atoms with Gasteiger partial charge >= 0.3 is 0 Å². The van der Waals surface area contributed by atoms with Crippen LogP contribution in [0.5, 0.6) is 0 Å². The Bertz CT molecular complexity index is 516. The molecule has 1 fully saturated rings. The molecule has 0 aliphatic carbocycles. The van der Waals surface area contributed by atoms with E-state index in [0.717, 1.165) is 11.4 Å². The van der Waals surface area contributed by atoms with Crippen LogP contribution in [0.3, 0.4) is 0 Å². The molecule has 1 heterocycles. The van der Waals surface area contributed by atoms with Gasteiger partial charge < -0.3 is 16.0 Å². The maximum absolute atomic E-state index is 11.5. The summed E-state index contributed by atoms with van der Waals surface area (Å²) in [6.45, 7) is 1.97. The Labute approximate surface area is 120 Å². The van der Waals surface area contributed by atoms with Crippen molar-refractivity contribution < 1.29 is 9.59 Å².